The fraction of sp³-hybridized carbons (Fsp3) is 0.524. The van der Waals surface area contributed by atoms with Gasteiger partial charge in [-0.25, -0.2) is 0 Å². The van der Waals surface area contributed by atoms with E-state index in [1.54, 1.807) is 0 Å². The zero-order valence-electron chi connectivity index (χ0n) is 17.9. The van der Waals surface area contributed by atoms with Gasteiger partial charge in [-0.05, 0) is 31.4 Å². The zero-order valence-corrected chi connectivity index (χ0v) is 20.2. The number of aromatic nitrogens is 2. The van der Waals surface area contributed by atoms with Crippen LogP contribution in [0.25, 0.3) is 0 Å². The second-order valence-electron chi connectivity index (χ2n) is 7.21. The maximum atomic E-state index is 5.77. The smallest absolute Gasteiger partial charge is 0.193 e. The molecule has 0 aliphatic carbocycles. The molecule has 0 saturated carbocycles. The molecule has 1 aromatic carbocycles. The van der Waals surface area contributed by atoms with Gasteiger partial charge < -0.3 is 15.0 Å². The molecule has 0 bridgehead atoms. The molecule has 0 aliphatic rings. The molecule has 0 fully saturated rings. The molecule has 0 amide bonds. The van der Waals surface area contributed by atoms with E-state index in [-0.39, 0.29) is 24.0 Å². The number of nitrogens with one attached hydrogen (secondary N) is 1. The van der Waals surface area contributed by atoms with Gasteiger partial charge in [-0.2, -0.15) is 5.10 Å². The molecule has 156 valence electrons. The van der Waals surface area contributed by atoms with Crippen molar-refractivity contribution in [1.29, 1.82) is 0 Å². The minimum Gasteiger partial charge on any atom is -0.494 e. The number of hydrogen-bond acceptors (Lipinski definition) is 3. The topological polar surface area (TPSA) is 54.7 Å². The highest BCUT2D eigenvalue weighted by Gasteiger charge is 2.14. The Morgan fingerprint density at radius 3 is 2.57 bits per heavy atom. The van der Waals surface area contributed by atoms with Crippen LogP contribution in [0.5, 0.6) is 5.75 Å². The van der Waals surface area contributed by atoms with E-state index < -0.39 is 0 Å². The lowest BCUT2D eigenvalue weighted by molar-refractivity contribution is 0.310. The molecule has 1 aromatic heterocycles. The van der Waals surface area contributed by atoms with Gasteiger partial charge in [0.1, 0.15) is 5.75 Å². The zero-order chi connectivity index (χ0) is 19.8. The van der Waals surface area contributed by atoms with Crippen LogP contribution in [-0.2, 0) is 13.6 Å². The Balaban J connectivity index is 0.00000392. The van der Waals surface area contributed by atoms with Gasteiger partial charge in [0, 0.05) is 46.0 Å². The second-order valence-corrected chi connectivity index (χ2v) is 7.21. The van der Waals surface area contributed by atoms with Crippen LogP contribution in [0.15, 0.2) is 35.5 Å². The lowest BCUT2D eigenvalue weighted by Gasteiger charge is -2.22. The van der Waals surface area contributed by atoms with Crippen LogP contribution in [0.1, 0.15) is 43.0 Å². The van der Waals surface area contributed by atoms with E-state index in [1.807, 2.05) is 30.9 Å². The van der Waals surface area contributed by atoms with Crippen LogP contribution >= 0.6 is 24.0 Å². The normalized spacial score (nSPS) is 11.3. The average molecular weight is 499 g/mol. The predicted molar refractivity (Wildman–Crippen MR) is 127 cm³/mol. The Labute approximate surface area is 186 Å². The highest BCUT2D eigenvalue weighted by atomic mass is 127. The van der Waals surface area contributed by atoms with E-state index in [0.29, 0.717) is 12.5 Å². The molecule has 0 saturated heterocycles. The van der Waals surface area contributed by atoms with E-state index in [4.69, 9.17) is 4.74 Å². The molecule has 28 heavy (non-hydrogen) atoms. The van der Waals surface area contributed by atoms with Crippen molar-refractivity contribution in [3.63, 3.8) is 0 Å². The number of halogens is 1. The third kappa shape index (κ3) is 7.33. The lowest BCUT2D eigenvalue weighted by atomic mass is 10.1. The van der Waals surface area contributed by atoms with Crippen molar-refractivity contribution in [2.75, 3.05) is 27.2 Å². The molecule has 1 N–H and O–H groups in total. The Kier molecular flexibility index (Phi) is 10.3. The summed E-state index contributed by atoms with van der Waals surface area (Å²) in [6.07, 6.45) is 3.00. The van der Waals surface area contributed by atoms with Gasteiger partial charge >= 0.3 is 0 Å². The first-order chi connectivity index (χ1) is 12.9. The maximum absolute atomic E-state index is 5.77. The van der Waals surface area contributed by atoms with Gasteiger partial charge in [0.2, 0.25) is 0 Å². The largest absolute Gasteiger partial charge is 0.494 e. The number of ether oxygens (including phenoxy) is 1. The van der Waals surface area contributed by atoms with Gasteiger partial charge in [-0.15, -0.1) is 24.0 Å². The summed E-state index contributed by atoms with van der Waals surface area (Å²) in [5, 5.41) is 7.99. The van der Waals surface area contributed by atoms with Crippen molar-refractivity contribution in [3.05, 3.63) is 47.3 Å². The first-order valence-electron chi connectivity index (χ1n) is 9.54. The summed E-state index contributed by atoms with van der Waals surface area (Å²) < 4.78 is 7.66. The number of guanidine groups is 1. The van der Waals surface area contributed by atoms with E-state index >= 15 is 0 Å². The average Bonchev–Trinajstić information content (AvgIpc) is 3.00. The number of rotatable bonds is 8. The first-order valence-corrected chi connectivity index (χ1v) is 9.54. The fourth-order valence-electron chi connectivity index (χ4n) is 2.97. The first kappa shape index (κ1) is 24.3. The van der Waals surface area contributed by atoms with Gasteiger partial charge in [0.15, 0.2) is 5.96 Å². The summed E-state index contributed by atoms with van der Waals surface area (Å²) in [6, 6.07) is 8.15. The van der Waals surface area contributed by atoms with Crippen LogP contribution in [0, 0.1) is 6.92 Å². The summed E-state index contributed by atoms with van der Waals surface area (Å²) in [5.74, 6) is 2.20. The summed E-state index contributed by atoms with van der Waals surface area (Å²) in [6.45, 7) is 8.69. The van der Waals surface area contributed by atoms with Crippen LogP contribution < -0.4 is 10.1 Å². The Bertz CT molecular complexity index is 740. The van der Waals surface area contributed by atoms with E-state index in [1.165, 1.54) is 11.1 Å². The molecular formula is C21H34IN5O. The summed E-state index contributed by atoms with van der Waals surface area (Å²) in [7, 11) is 5.83. The maximum Gasteiger partial charge on any atom is 0.193 e. The summed E-state index contributed by atoms with van der Waals surface area (Å²) in [4.78, 5) is 6.52. The molecule has 6 nitrogen and oxygen atoms in total. The van der Waals surface area contributed by atoms with Gasteiger partial charge in [-0.3, -0.25) is 9.67 Å². The van der Waals surface area contributed by atoms with Gasteiger partial charge in [0.05, 0.1) is 12.3 Å². The van der Waals surface area contributed by atoms with Crippen molar-refractivity contribution < 1.29 is 4.74 Å². The molecule has 2 aromatic rings. The van der Waals surface area contributed by atoms with Gasteiger partial charge in [-0.1, -0.05) is 31.5 Å². The fourth-order valence-corrected chi connectivity index (χ4v) is 2.97. The highest BCUT2D eigenvalue weighted by molar-refractivity contribution is 14.0. The quantitative estimate of drug-likeness (QED) is 0.259. The number of hydrogen-bond donors (Lipinski definition) is 1. The van der Waals surface area contributed by atoms with Crippen molar-refractivity contribution >= 4 is 29.9 Å². The highest BCUT2D eigenvalue weighted by Crippen LogP contribution is 2.18. The van der Waals surface area contributed by atoms with Crippen LogP contribution in [-0.4, -0.2) is 47.9 Å². The summed E-state index contributed by atoms with van der Waals surface area (Å²) >= 11 is 0. The molecular weight excluding hydrogens is 465 g/mol. The van der Waals surface area contributed by atoms with Crippen molar-refractivity contribution in [2.45, 2.75) is 39.7 Å². The monoisotopic (exact) mass is 499 g/mol. The molecule has 2 rings (SSSR count). The van der Waals surface area contributed by atoms with Crippen molar-refractivity contribution in [2.24, 2.45) is 12.0 Å². The SMILES string of the molecule is CN=C(NCCCOc1ccc(C)cc1)N(C)Cc1cn(C)nc1C(C)C.I. The molecule has 0 spiro atoms. The molecule has 0 radical (unpaired) electrons. The third-order valence-electron chi connectivity index (χ3n) is 4.36. The number of benzene rings is 1. The molecule has 1 heterocycles. The number of aryl methyl sites for hydroxylation is 2. The minimum absolute atomic E-state index is 0. The van der Waals surface area contributed by atoms with Crippen LogP contribution in [0.3, 0.4) is 0 Å². The van der Waals surface area contributed by atoms with Crippen LogP contribution in [0.4, 0.5) is 0 Å². The van der Waals surface area contributed by atoms with Crippen LogP contribution in [0.2, 0.25) is 0 Å². The predicted octanol–water partition coefficient (Wildman–Crippen LogP) is 3.95. The van der Waals surface area contributed by atoms with E-state index in [9.17, 15) is 0 Å². The van der Waals surface area contributed by atoms with Gasteiger partial charge in [0.25, 0.3) is 0 Å². The lowest BCUT2D eigenvalue weighted by Crippen LogP contribution is -2.39. The Morgan fingerprint density at radius 2 is 1.96 bits per heavy atom. The van der Waals surface area contributed by atoms with E-state index in [2.05, 4.69) is 66.5 Å². The summed E-state index contributed by atoms with van der Waals surface area (Å²) in [5.41, 5.74) is 3.62. The minimum atomic E-state index is 0. The third-order valence-corrected chi connectivity index (χ3v) is 4.36. The Hall–Kier alpha value is -1.77. The molecule has 0 unspecified atom stereocenters. The van der Waals surface area contributed by atoms with Crippen molar-refractivity contribution in [3.8, 4) is 5.75 Å². The standard InChI is InChI=1S/C21H33N5O.HI/c1-16(2)20-18(15-26(6)24-20)14-25(5)21(22-4)23-12-7-13-27-19-10-8-17(3)9-11-19;/h8-11,15-16H,7,12-14H2,1-6H3,(H,22,23);1H. The van der Waals surface area contributed by atoms with Crippen molar-refractivity contribution in [1.82, 2.24) is 20.0 Å². The number of nitrogens with zero attached hydrogens (tertiary/aromatic N) is 4. The molecule has 7 heteroatoms. The number of aliphatic imine (C=N–C) groups is 1. The Morgan fingerprint density at radius 1 is 1.29 bits per heavy atom. The van der Waals surface area contributed by atoms with E-state index in [0.717, 1.165) is 36.9 Å². The second kappa shape index (κ2) is 11.9. The molecule has 0 aliphatic heterocycles. The molecule has 0 atom stereocenters.